The van der Waals surface area contributed by atoms with Gasteiger partial charge in [0.25, 0.3) is 0 Å². The van der Waals surface area contributed by atoms with Gasteiger partial charge in [0.2, 0.25) is 0 Å². The summed E-state index contributed by atoms with van der Waals surface area (Å²) in [7, 11) is 1.67. The third-order valence-corrected chi connectivity index (χ3v) is 6.28. The summed E-state index contributed by atoms with van der Waals surface area (Å²) in [5, 5.41) is 12.2. The number of aliphatic hydroxyl groups is 1. The average molecular weight is 323 g/mol. The summed E-state index contributed by atoms with van der Waals surface area (Å²) in [5.74, 6) is 3.08. The molecule has 3 aliphatic carbocycles. The van der Waals surface area contributed by atoms with E-state index in [0.29, 0.717) is 23.7 Å². The molecule has 0 amide bonds. The molecule has 2 bridgehead atoms. The number of hydrogen-bond donors (Lipinski definition) is 1. The minimum absolute atomic E-state index is 0.344. The SMILES string of the molecule is C=CC1C[C@H]2CCC1C[C@@H]2C(O)c1ccnc2ccc(OC)cc12. The zero-order valence-electron chi connectivity index (χ0n) is 14.2. The lowest BCUT2D eigenvalue weighted by Crippen LogP contribution is -2.39. The van der Waals surface area contributed by atoms with Crippen LogP contribution in [0, 0.1) is 23.7 Å². The quantitative estimate of drug-likeness (QED) is 0.842. The number of aromatic nitrogens is 1. The van der Waals surface area contributed by atoms with Crippen molar-refractivity contribution in [2.24, 2.45) is 23.7 Å². The predicted octanol–water partition coefficient (Wildman–Crippen LogP) is 4.52. The summed E-state index contributed by atoms with van der Waals surface area (Å²) in [6.07, 6.45) is 8.32. The van der Waals surface area contributed by atoms with E-state index in [9.17, 15) is 5.11 Å². The first kappa shape index (κ1) is 15.6. The Bertz CT molecular complexity index is 757. The first-order valence-corrected chi connectivity index (χ1v) is 8.94. The average Bonchev–Trinajstić information content (AvgIpc) is 2.66. The van der Waals surface area contributed by atoms with Crippen LogP contribution in [0.5, 0.6) is 5.75 Å². The zero-order valence-corrected chi connectivity index (χ0v) is 14.2. The van der Waals surface area contributed by atoms with E-state index in [1.165, 1.54) is 19.3 Å². The fraction of sp³-hybridized carbons (Fsp3) is 0.476. The molecule has 3 fully saturated rings. The number of ether oxygens (including phenoxy) is 1. The van der Waals surface area contributed by atoms with Gasteiger partial charge in [0.1, 0.15) is 5.75 Å². The van der Waals surface area contributed by atoms with Crippen molar-refractivity contribution < 1.29 is 9.84 Å². The van der Waals surface area contributed by atoms with Gasteiger partial charge in [0, 0.05) is 11.6 Å². The second-order valence-electron chi connectivity index (χ2n) is 7.36. The highest BCUT2D eigenvalue weighted by Gasteiger charge is 2.43. The third kappa shape index (κ3) is 2.51. The Balaban J connectivity index is 1.69. The topological polar surface area (TPSA) is 42.4 Å². The van der Waals surface area contributed by atoms with Gasteiger partial charge < -0.3 is 9.84 Å². The maximum absolute atomic E-state index is 11.2. The molecular weight excluding hydrogens is 298 g/mol. The molecule has 5 atom stereocenters. The summed E-state index contributed by atoms with van der Waals surface area (Å²) in [6, 6.07) is 7.85. The monoisotopic (exact) mass is 323 g/mol. The van der Waals surface area contributed by atoms with Crippen molar-refractivity contribution in [1.82, 2.24) is 4.98 Å². The van der Waals surface area contributed by atoms with E-state index < -0.39 is 6.10 Å². The largest absolute Gasteiger partial charge is 0.497 e. The number of fused-ring (bicyclic) bond motifs is 4. The van der Waals surface area contributed by atoms with E-state index in [-0.39, 0.29) is 0 Å². The summed E-state index contributed by atoms with van der Waals surface area (Å²) >= 11 is 0. The fourth-order valence-corrected chi connectivity index (χ4v) is 4.96. The summed E-state index contributed by atoms with van der Waals surface area (Å²) < 4.78 is 5.36. The number of hydrogen-bond acceptors (Lipinski definition) is 3. The molecule has 3 nitrogen and oxygen atoms in total. The number of pyridine rings is 1. The van der Waals surface area contributed by atoms with Crippen LogP contribution in [-0.2, 0) is 0 Å². The normalized spacial score (nSPS) is 30.2. The van der Waals surface area contributed by atoms with Crippen molar-refractivity contribution in [3.8, 4) is 5.75 Å². The number of aliphatic hydroxyl groups excluding tert-OH is 1. The Morgan fingerprint density at radius 1 is 1.25 bits per heavy atom. The molecule has 1 heterocycles. The Kier molecular flexibility index (Phi) is 4.05. The lowest BCUT2D eigenvalue weighted by molar-refractivity contribution is -0.0217. The van der Waals surface area contributed by atoms with Crippen molar-refractivity contribution in [2.75, 3.05) is 7.11 Å². The molecule has 5 rings (SSSR count). The zero-order chi connectivity index (χ0) is 16.7. The molecule has 3 aliphatic rings. The summed E-state index contributed by atoms with van der Waals surface area (Å²) in [4.78, 5) is 4.44. The van der Waals surface area contributed by atoms with E-state index in [0.717, 1.165) is 28.6 Å². The first-order chi connectivity index (χ1) is 11.7. The highest BCUT2D eigenvalue weighted by atomic mass is 16.5. The van der Waals surface area contributed by atoms with E-state index in [4.69, 9.17) is 4.74 Å². The number of rotatable bonds is 4. The molecule has 1 aromatic heterocycles. The van der Waals surface area contributed by atoms with Gasteiger partial charge in [-0.2, -0.15) is 0 Å². The molecule has 2 aromatic rings. The van der Waals surface area contributed by atoms with Crippen LogP contribution in [0.15, 0.2) is 43.1 Å². The second kappa shape index (κ2) is 6.21. The predicted molar refractivity (Wildman–Crippen MR) is 95.9 cm³/mol. The van der Waals surface area contributed by atoms with Gasteiger partial charge in [-0.1, -0.05) is 6.08 Å². The Morgan fingerprint density at radius 3 is 2.79 bits per heavy atom. The van der Waals surface area contributed by atoms with Crippen LogP contribution in [0.4, 0.5) is 0 Å². The van der Waals surface area contributed by atoms with Crippen LogP contribution in [0.1, 0.15) is 37.4 Å². The Hall–Kier alpha value is -1.87. The van der Waals surface area contributed by atoms with Crippen molar-refractivity contribution in [3.05, 3.63) is 48.7 Å². The van der Waals surface area contributed by atoms with Gasteiger partial charge in [-0.05, 0) is 79.2 Å². The van der Waals surface area contributed by atoms with Crippen LogP contribution in [0.2, 0.25) is 0 Å². The number of methoxy groups -OCH3 is 1. The minimum Gasteiger partial charge on any atom is -0.497 e. The van der Waals surface area contributed by atoms with Crippen LogP contribution >= 0.6 is 0 Å². The molecular formula is C21H25NO2. The highest BCUT2D eigenvalue weighted by molar-refractivity contribution is 5.83. The van der Waals surface area contributed by atoms with Crippen LogP contribution in [-0.4, -0.2) is 17.2 Å². The Morgan fingerprint density at radius 2 is 2.08 bits per heavy atom. The van der Waals surface area contributed by atoms with Gasteiger partial charge in [-0.3, -0.25) is 4.98 Å². The molecule has 126 valence electrons. The van der Waals surface area contributed by atoms with Crippen molar-refractivity contribution >= 4 is 10.9 Å². The fourth-order valence-electron chi connectivity index (χ4n) is 4.96. The number of allylic oxidation sites excluding steroid dienone is 1. The highest BCUT2D eigenvalue weighted by Crippen LogP contribution is 2.52. The van der Waals surface area contributed by atoms with Gasteiger partial charge in [0.05, 0.1) is 18.7 Å². The number of nitrogens with zero attached hydrogens (tertiary/aromatic N) is 1. The van der Waals surface area contributed by atoms with Gasteiger partial charge in [-0.25, -0.2) is 0 Å². The van der Waals surface area contributed by atoms with E-state index in [1.807, 2.05) is 24.3 Å². The molecule has 24 heavy (non-hydrogen) atoms. The molecule has 3 unspecified atom stereocenters. The van der Waals surface area contributed by atoms with Crippen molar-refractivity contribution in [2.45, 2.75) is 31.8 Å². The smallest absolute Gasteiger partial charge is 0.119 e. The lowest BCUT2D eigenvalue weighted by Gasteiger charge is -2.48. The summed E-state index contributed by atoms with van der Waals surface area (Å²) in [6.45, 7) is 4.01. The van der Waals surface area contributed by atoms with Crippen LogP contribution in [0.3, 0.4) is 0 Å². The minimum atomic E-state index is -0.429. The third-order valence-electron chi connectivity index (χ3n) is 6.28. The summed E-state index contributed by atoms with van der Waals surface area (Å²) in [5.41, 5.74) is 1.91. The first-order valence-electron chi connectivity index (χ1n) is 8.94. The van der Waals surface area contributed by atoms with Gasteiger partial charge >= 0.3 is 0 Å². The standard InChI is InChI=1S/C21H25NO2/c1-3-13-10-15-5-4-14(13)11-18(15)21(23)17-8-9-22-20-7-6-16(24-2)12-19(17)20/h3,6-9,12-15,18,21,23H,1,4-5,10-11H2,2H3/t13?,14?,15-,18+,21?/m1/s1. The molecule has 3 heteroatoms. The maximum atomic E-state index is 11.2. The molecule has 0 radical (unpaired) electrons. The van der Waals surface area contributed by atoms with Crippen molar-refractivity contribution in [1.29, 1.82) is 0 Å². The number of benzene rings is 1. The van der Waals surface area contributed by atoms with Gasteiger partial charge in [-0.15, -0.1) is 6.58 Å². The van der Waals surface area contributed by atoms with Crippen LogP contribution in [0.25, 0.3) is 10.9 Å². The van der Waals surface area contributed by atoms with Crippen molar-refractivity contribution in [3.63, 3.8) is 0 Å². The van der Waals surface area contributed by atoms with E-state index in [2.05, 4.69) is 17.6 Å². The molecule has 0 saturated heterocycles. The Labute approximate surface area is 143 Å². The molecule has 3 saturated carbocycles. The maximum Gasteiger partial charge on any atom is 0.119 e. The van der Waals surface area contributed by atoms with E-state index >= 15 is 0 Å². The van der Waals surface area contributed by atoms with Gasteiger partial charge in [0.15, 0.2) is 0 Å². The van der Waals surface area contributed by atoms with Crippen LogP contribution < -0.4 is 4.74 Å². The molecule has 1 N–H and O–H groups in total. The van der Waals surface area contributed by atoms with E-state index in [1.54, 1.807) is 13.3 Å². The second-order valence-corrected chi connectivity index (χ2v) is 7.36. The molecule has 1 aromatic carbocycles. The molecule has 0 aliphatic heterocycles. The lowest BCUT2D eigenvalue weighted by atomic mass is 9.58. The molecule has 0 spiro atoms.